The highest BCUT2D eigenvalue weighted by Crippen LogP contribution is 2.14. The molecule has 6 nitrogen and oxygen atoms in total. The molecule has 30 heavy (non-hydrogen) atoms. The number of halogens is 1. The first-order valence-corrected chi connectivity index (χ1v) is 11.4. The van der Waals surface area contributed by atoms with E-state index in [0.717, 1.165) is 51.6 Å². The molecule has 7 heteroatoms. The van der Waals surface area contributed by atoms with Gasteiger partial charge in [-0.15, -0.1) is 0 Å². The lowest BCUT2D eigenvalue weighted by Gasteiger charge is -2.35. The Bertz CT molecular complexity index is 634. The quantitative estimate of drug-likeness (QED) is 0.425. The van der Waals surface area contributed by atoms with Crippen LogP contribution in [-0.2, 0) is 0 Å². The Morgan fingerprint density at radius 1 is 1.13 bits per heavy atom. The van der Waals surface area contributed by atoms with Gasteiger partial charge in [-0.05, 0) is 37.9 Å². The van der Waals surface area contributed by atoms with Gasteiger partial charge in [0.15, 0.2) is 5.96 Å². The Morgan fingerprint density at radius 3 is 2.50 bits per heavy atom. The highest BCUT2D eigenvalue weighted by molar-refractivity contribution is 5.79. The molecule has 2 N–H and O–H groups in total. The summed E-state index contributed by atoms with van der Waals surface area (Å²) in [7, 11) is 0. The first-order chi connectivity index (χ1) is 14.5. The van der Waals surface area contributed by atoms with E-state index >= 15 is 0 Å². The van der Waals surface area contributed by atoms with Crippen LogP contribution in [0.4, 0.5) is 4.39 Å². The molecule has 1 aromatic carbocycles. The summed E-state index contributed by atoms with van der Waals surface area (Å²) < 4.78 is 19.3. The number of ether oxygens (including phenoxy) is 1. The fourth-order valence-electron chi connectivity index (χ4n) is 3.59. The van der Waals surface area contributed by atoms with Crippen molar-refractivity contribution in [1.29, 1.82) is 0 Å². The smallest absolute Gasteiger partial charge is 0.191 e. The summed E-state index contributed by atoms with van der Waals surface area (Å²) in [6.07, 6.45) is 0.770. The van der Waals surface area contributed by atoms with Gasteiger partial charge < -0.3 is 25.2 Å². The lowest BCUT2D eigenvalue weighted by atomic mass is 10.1. The number of nitrogens with one attached hydrogen (secondary N) is 2. The molecule has 170 valence electrons. The second-order valence-electron chi connectivity index (χ2n) is 8.05. The molecule has 1 aliphatic heterocycles. The Balaban J connectivity index is 1.79. The second kappa shape index (κ2) is 13.4. The van der Waals surface area contributed by atoms with Gasteiger partial charge >= 0.3 is 0 Å². The van der Waals surface area contributed by atoms with Crippen LogP contribution >= 0.6 is 0 Å². The van der Waals surface area contributed by atoms with Crippen molar-refractivity contribution in [2.24, 2.45) is 10.9 Å². The average molecular weight is 422 g/mol. The van der Waals surface area contributed by atoms with Gasteiger partial charge in [0.1, 0.15) is 17.7 Å². The van der Waals surface area contributed by atoms with Gasteiger partial charge in [0, 0.05) is 51.9 Å². The first kappa shape index (κ1) is 24.4. The molecule has 2 rings (SSSR count). The van der Waals surface area contributed by atoms with Crippen LogP contribution in [0.15, 0.2) is 29.3 Å². The van der Waals surface area contributed by atoms with E-state index in [4.69, 9.17) is 9.73 Å². The molecule has 0 radical (unpaired) electrons. The molecule has 0 amide bonds. The number of nitrogens with zero attached hydrogens (tertiary/aromatic N) is 3. The third-order valence-corrected chi connectivity index (χ3v) is 5.44. The maximum Gasteiger partial charge on any atom is 0.191 e. The second-order valence-corrected chi connectivity index (χ2v) is 8.05. The minimum absolute atomic E-state index is 0.0528. The lowest BCUT2D eigenvalue weighted by Crippen LogP contribution is -2.47. The van der Waals surface area contributed by atoms with Gasteiger partial charge in [-0.25, -0.2) is 4.39 Å². The van der Waals surface area contributed by atoms with E-state index in [1.54, 1.807) is 12.1 Å². The van der Waals surface area contributed by atoms with Crippen LogP contribution < -0.4 is 15.4 Å². The summed E-state index contributed by atoms with van der Waals surface area (Å²) in [5.41, 5.74) is 0. The van der Waals surface area contributed by atoms with Crippen molar-refractivity contribution in [3.05, 3.63) is 30.1 Å². The number of piperazine rings is 1. The zero-order valence-corrected chi connectivity index (χ0v) is 19.2. The Hall–Kier alpha value is -1.86. The highest BCUT2D eigenvalue weighted by atomic mass is 19.1. The molecule has 0 aromatic heterocycles. The molecule has 0 aliphatic carbocycles. The van der Waals surface area contributed by atoms with E-state index < -0.39 is 0 Å². The molecule has 0 saturated carbocycles. The fourth-order valence-corrected chi connectivity index (χ4v) is 3.59. The SMILES string of the molecule is CCNC(=NCC(C)CN1CCN(CC)CC1)NCC(CC)Oc1cccc(F)c1. The largest absolute Gasteiger partial charge is 0.489 e. The van der Waals surface area contributed by atoms with Crippen LogP contribution in [0.5, 0.6) is 5.75 Å². The third kappa shape index (κ3) is 8.88. The molecule has 1 saturated heterocycles. The monoisotopic (exact) mass is 421 g/mol. The zero-order chi connectivity index (χ0) is 21.8. The van der Waals surface area contributed by atoms with E-state index in [-0.39, 0.29) is 11.9 Å². The van der Waals surface area contributed by atoms with Crippen LogP contribution in [0.25, 0.3) is 0 Å². The number of hydrogen-bond donors (Lipinski definition) is 2. The topological polar surface area (TPSA) is 52.1 Å². The molecule has 0 bridgehead atoms. The van der Waals surface area contributed by atoms with Gasteiger partial charge in [0.2, 0.25) is 0 Å². The number of aliphatic imine (C=N–C) groups is 1. The van der Waals surface area contributed by atoms with Crippen molar-refractivity contribution in [3.63, 3.8) is 0 Å². The molecule has 1 fully saturated rings. The normalized spacial score (nSPS) is 18.1. The number of rotatable bonds is 11. The van der Waals surface area contributed by atoms with E-state index in [2.05, 4.69) is 48.1 Å². The van der Waals surface area contributed by atoms with Gasteiger partial charge in [0.05, 0.1) is 6.54 Å². The van der Waals surface area contributed by atoms with Crippen LogP contribution in [0, 0.1) is 11.7 Å². The molecular formula is C23H40FN5O. The standard InChI is InChI=1S/C23H40FN5O/c1-5-21(30-22-10-8-9-20(24)15-22)17-27-23(25-6-2)26-16-19(4)18-29-13-11-28(7-3)12-14-29/h8-10,15,19,21H,5-7,11-14,16-18H2,1-4H3,(H2,25,26,27). The minimum Gasteiger partial charge on any atom is -0.489 e. The Kier molecular flexibility index (Phi) is 10.9. The summed E-state index contributed by atoms with van der Waals surface area (Å²) >= 11 is 0. The van der Waals surface area contributed by atoms with E-state index in [1.807, 2.05) is 0 Å². The lowest BCUT2D eigenvalue weighted by molar-refractivity contribution is 0.125. The van der Waals surface area contributed by atoms with Crippen molar-refractivity contribution in [3.8, 4) is 5.75 Å². The molecule has 2 atom stereocenters. The van der Waals surface area contributed by atoms with E-state index in [0.29, 0.717) is 18.2 Å². The van der Waals surface area contributed by atoms with Crippen molar-refractivity contribution >= 4 is 5.96 Å². The van der Waals surface area contributed by atoms with Gasteiger partial charge in [-0.3, -0.25) is 4.99 Å². The first-order valence-electron chi connectivity index (χ1n) is 11.4. The predicted octanol–water partition coefficient (Wildman–Crippen LogP) is 2.81. The Morgan fingerprint density at radius 2 is 1.87 bits per heavy atom. The Labute approximate surface area is 181 Å². The molecule has 1 heterocycles. The average Bonchev–Trinajstić information content (AvgIpc) is 2.75. The van der Waals surface area contributed by atoms with Gasteiger partial charge in [0.25, 0.3) is 0 Å². The summed E-state index contributed by atoms with van der Waals surface area (Å²) in [5.74, 6) is 1.58. The number of likely N-dealkylation sites (N-methyl/N-ethyl adjacent to an activating group) is 1. The maximum atomic E-state index is 13.4. The highest BCUT2D eigenvalue weighted by Gasteiger charge is 2.17. The predicted molar refractivity (Wildman–Crippen MR) is 123 cm³/mol. The van der Waals surface area contributed by atoms with Gasteiger partial charge in [-0.1, -0.05) is 26.8 Å². The van der Waals surface area contributed by atoms with Crippen molar-refractivity contribution in [2.75, 3.05) is 58.9 Å². The summed E-state index contributed by atoms with van der Waals surface area (Å²) in [4.78, 5) is 9.83. The molecule has 1 aromatic rings. The van der Waals surface area contributed by atoms with Crippen LogP contribution in [0.1, 0.15) is 34.1 Å². The molecule has 2 unspecified atom stereocenters. The number of hydrogen-bond acceptors (Lipinski definition) is 4. The molecule has 1 aliphatic rings. The van der Waals surface area contributed by atoms with Gasteiger partial charge in [-0.2, -0.15) is 0 Å². The van der Waals surface area contributed by atoms with E-state index in [9.17, 15) is 4.39 Å². The maximum absolute atomic E-state index is 13.4. The summed E-state index contributed by atoms with van der Waals surface area (Å²) in [6.45, 7) is 17.7. The minimum atomic E-state index is -0.282. The summed E-state index contributed by atoms with van der Waals surface area (Å²) in [5, 5.41) is 6.69. The van der Waals surface area contributed by atoms with Crippen molar-refractivity contribution in [1.82, 2.24) is 20.4 Å². The number of benzene rings is 1. The number of guanidine groups is 1. The van der Waals surface area contributed by atoms with Crippen molar-refractivity contribution < 1.29 is 9.13 Å². The van der Waals surface area contributed by atoms with Crippen LogP contribution in [0.3, 0.4) is 0 Å². The van der Waals surface area contributed by atoms with Crippen LogP contribution in [0.2, 0.25) is 0 Å². The third-order valence-electron chi connectivity index (χ3n) is 5.44. The van der Waals surface area contributed by atoms with Crippen molar-refractivity contribution in [2.45, 2.75) is 40.2 Å². The fraction of sp³-hybridized carbons (Fsp3) is 0.696. The summed E-state index contributed by atoms with van der Waals surface area (Å²) in [6, 6.07) is 6.30. The van der Waals surface area contributed by atoms with Crippen LogP contribution in [-0.4, -0.2) is 80.8 Å². The molecular weight excluding hydrogens is 381 g/mol. The molecule has 0 spiro atoms. The zero-order valence-electron chi connectivity index (χ0n) is 19.2. The van der Waals surface area contributed by atoms with E-state index in [1.165, 1.54) is 25.2 Å².